The minimum atomic E-state index is -0.608. The number of hydrogen-bond acceptors (Lipinski definition) is 5. The first kappa shape index (κ1) is 24.8. The molecule has 0 spiro atoms. The van der Waals surface area contributed by atoms with Crippen LogP contribution in [0.15, 0.2) is 12.1 Å². The predicted molar refractivity (Wildman–Crippen MR) is 107 cm³/mol. The van der Waals surface area contributed by atoms with Gasteiger partial charge in [-0.3, -0.25) is 4.79 Å². The first-order valence-electron chi connectivity index (χ1n) is 9.94. The fourth-order valence-electron chi connectivity index (χ4n) is 3.05. The van der Waals surface area contributed by atoms with Gasteiger partial charge in [0.2, 0.25) is 11.7 Å². The smallest absolute Gasteiger partial charge is 0.224 e. The molecule has 0 saturated heterocycles. The highest BCUT2D eigenvalue weighted by molar-refractivity contribution is 5.80. The Labute approximate surface area is 162 Å². The monoisotopic (exact) mass is 381 g/mol. The number of amides is 1. The lowest BCUT2D eigenvalue weighted by Gasteiger charge is -2.27. The van der Waals surface area contributed by atoms with Gasteiger partial charge in [-0.25, -0.2) is 0 Å². The number of aromatic hydroxyl groups is 3. The summed E-state index contributed by atoms with van der Waals surface area (Å²) in [7, 11) is 0. The summed E-state index contributed by atoms with van der Waals surface area (Å²) in [5, 5.41) is 31.3. The highest BCUT2D eigenvalue weighted by Gasteiger charge is 2.21. The first-order valence-corrected chi connectivity index (χ1v) is 9.94. The highest BCUT2D eigenvalue weighted by Crippen LogP contribution is 2.37. The lowest BCUT2D eigenvalue weighted by molar-refractivity contribution is -0.120. The van der Waals surface area contributed by atoms with Crippen LogP contribution in [0.1, 0.15) is 65.4 Å². The summed E-state index contributed by atoms with van der Waals surface area (Å²) >= 11 is 0. The van der Waals surface area contributed by atoms with E-state index in [0.717, 1.165) is 32.0 Å². The largest absolute Gasteiger partial charge is 0.504 e. The zero-order valence-electron chi connectivity index (χ0n) is 17.0. The molecule has 0 aromatic heterocycles. The minimum absolute atomic E-state index is 0.0554. The Morgan fingerprint density at radius 1 is 1.00 bits per heavy atom. The van der Waals surface area contributed by atoms with Crippen molar-refractivity contribution in [1.29, 1.82) is 0 Å². The summed E-state index contributed by atoms with van der Waals surface area (Å²) in [6.07, 6.45) is 5.60. The maximum Gasteiger partial charge on any atom is 0.224 e. The molecular formula is C21H35NO5. The molecule has 27 heavy (non-hydrogen) atoms. The number of carbonyl (C=O) groups excluding carboxylic acids is 2. The van der Waals surface area contributed by atoms with E-state index in [0.29, 0.717) is 24.8 Å². The molecule has 6 nitrogen and oxygen atoms in total. The van der Waals surface area contributed by atoms with Gasteiger partial charge in [0.25, 0.3) is 0 Å². The topological polar surface area (TPSA) is 107 Å². The molecule has 1 aromatic carbocycles. The first-order chi connectivity index (χ1) is 13.0. The van der Waals surface area contributed by atoms with Gasteiger partial charge >= 0.3 is 0 Å². The Kier molecular flexibility index (Phi) is 12.7. The molecule has 1 aliphatic rings. The predicted octanol–water partition coefficient (Wildman–Crippen LogP) is 3.91. The van der Waals surface area contributed by atoms with Gasteiger partial charge in [-0.1, -0.05) is 33.8 Å². The Hall–Kier alpha value is -2.24. The number of phenols is 3. The maximum atomic E-state index is 12.0. The average Bonchev–Trinajstić information content (AvgIpc) is 2.71. The normalized spacial score (nSPS) is 18.2. The SMILES string of the molecule is CC.CC.O=CCC1CCC(CNC(=O)Cc2ccc(O)c(O)c2O)CC1. The van der Waals surface area contributed by atoms with Crippen LogP contribution in [0, 0.1) is 11.8 Å². The third kappa shape index (κ3) is 8.33. The van der Waals surface area contributed by atoms with E-state index in [2.05, 4.69) is 5.32 Å². The molecule has 0 heterocycles. The standard InChI is InChI=1S/C17H23NO5.2C2H6/c19-8-7-11-1-3-12(4-2-11)10-18-15(21)9-13-5-6-14(20)17(23)16(13)22;2*1-2/h5-6,8,11-12,20,22-23H,1-4,7,9-10H2,(H,18,21);2*1-2H3. The van der Waals surface area contributed by atoms with Gasteiger partial charge in [-0.05, 0) is 43.6 Å². The quantitative estimate of drug-likeness (QED) is 0.441. The Balaban J connectivity index is 0.00000158. The zero-order chi connectivity index (χ0) is 20.8. The van der Waals surface area contributed by atoms with Gasteiger partial charge in [0, 0.05) is 18.5 Å². The number of benzene rings is 1. The second kappa shape index (κ2) is 13.9. The maximum absolute atomic E-state index is 12.0. The summed E-state index contributed by atoms with van der Waals surface area (Å²) in [6.45, 7) is 8.58. The molecule has 154 valence electrons. The summed E-state index contributed by atoms with van der Waals surface area (Å²) in [5.74, 6) is -0.822. The second-order valence-electron chi connectivity index (χ2n) is 6.21. The van der Waals surface area contributed by atoms with Crippen molar-refractivity contribution in [2.24, 2.45) is 11.8 Å². The van der Waals surface area contributed by atoms with Crippen LogP contribution >= 0.6 is 0 Å². The average molecular weight is 382 g/mol. The van der Waals surface area contributed by atoms with Gasteiger partial charge in [-0.2, -0.15) is 0 Å². The molecule has 2 rings (SSSR count). The van der Waals surface area contributed by atoms with Crippen LogP contribution in [0.5, 0.6) is 17.2 Å². The number of phenolic OH excluding ortho intramolecular Hbond substituents is 3. The molecule has 1 amide bonds. The van der Waals surface area contributed by atoms with E-state index < -0.39 is 17.2 Å². The van der Waals surface area contributed by atoms with E-state index in [-0.39, 0.29) is 17.9 Å². The van der Waals surface area contributed by atoms with Crippen LogP contribution in [0.3, 0.4) is 0 Å². The summed E-state index contributed by atoms with van der Waals surface area (Å²) in [4.78, 5) is 22.5. The molecule has 1 fully saturated rings. The number of carbonyl (C=O) groups is 2. The Bertz CT molecular complexity index is 566. The number of aldehydes is 1. The third-order valence-corrected chi connectivity index (χ3v) is 4.55. The van der Waals surface area contributed by atoms with Gasteiger partial charge in [-0.15, -0.1) is 0 Å². The van der Waals surface area contributed by atoms with E-state index in [9.17, 15) is 24.9 Å². The Morgan fingerprint density at radius 3 is 2.11 bits per heavy atom. The molecule has 0 unspecified atom stereocenters. The molecule has 0 bridgehead atoms. The van der Waals surface area contributed by atoms with Crippen molar-refractivity contribution in [2.75, 3.05) is 6.54 Å². The number of hydrogen-bond donors (Lipinski definition) is 4. The Morgan fingerprint density at radius 2 is 1.56 bits per heavy atom. The molecule has 1 aromatic rings. The van der Waals surface area contributed by atoms with E-state index >= 15 is 0 Å². The fraction of sp³-hybridized carbons (Fsp3) is 0.619. The molecule has 1 saturated carbocycles. The molecule has 0 aliphatic heterocycles. The van der Waals surface area contributed by atoms with Crippen LogP contribution in [0.4, 0.5) is 0 Å². The zero-order valence-corrected chi connectivity index (χ0v) is 17.0. The number of rotatable bonds is 6. The van der Waals surface area contributed by atoms with E-state index in [1.807, 2.05) is 27.7 Å². The van der Waals surface area contributed by atoms with Crippen molar-refractivity contribution in [3.8, 4) is 17.2 Å². The highest BCUT2D eigenvalue weighted by atomic mass is 16.3. The summed E-state index contributed by atoms with van der Waals surface area (Å²) in [5.41, 5.74) is 0.271. The van der Waals surface area contributed by atoms with Crippen molar-refractivity contribution in [2.45, 2.75) is 66.2 Å². The lowest BCUT2D eigenvalue weighted by atomic mass is 9.81. The molecule has 6 heteroatoms. The molecule has 0 atom stereocenters. The van der Waals surface area contributed by atoms with Crippen molar-refractivity contribution in [1.82, 2.24) is 5.32 Å². The van der Waals surface area contributed by atoms with E-state index in [1.54, 1.807) is 0 Å². The van der Waals surface area contributed by atoms with Crippen LogP contribution < -0.4 is 5.32 Å². The molecule has 1 aliphatic carbocycles. The van der Waals surface area contributed by atoms with Crippen molar-refractivity contribution in [3.63, 3.8) is 0 Å². The van der Waals surface area contributed by atoms with Crippen LogP contribution in [0.2, 0.25) is 0 Å². The van der Waals surface area contributed by atoms with Crippen LogP contribution in [-0.2, 0) is 16.0 Å². The van der Waals surface area contributed by atoms with Crippen molar-refractivity contribution < 1.29 is 24.9 Å². The van der Waals surface area contributed by atoms with Gasteiger partial charge < -0.3 is 25.4 Å². The third-order valence-electron chi connectivity index (χ3n) is 4.55. The van der Waals surface area contributed by atoms with E-state index in [4.69, 9.17) is 0 Å². The summed E-state index contributed by atoms with van der Waals surface area (Å²) in [6, 6.07) is 2.65. The second-order valence-corrected chi connectivity index (χ2v) is 6.21. The van der Waals surface area contributed by atoms with Crippen molar-refractivity contribution >= 4 is 12.2 Å². The summed E-state index contributed by atoms with van der Waals surface area (Å²) < 4.78 is 0. The van der Waals surface area contributed by atoms with Gasteiger partial charge in [0.05, 0.1) is 6.42 Å². The molecule has 4 N–H and O–H groups in total. The van der Waals surface area contributed by atoms with Crippen LogP contribution in [0.25, 0.3) is 0 Å². The number of nitrogens with one attached hydrogen (secondary N) is 1. The van der Waals surface area contributed by atoms with Gasteiger partial charge in [0.1, 0.15) is 6.29 Å². The minimum Gasteiger partial charge on any atom is -0.504 e. The van der Waals surface area contributed by atoms with Crippen LogP contribution in [-0.4, -0.2) is 34.1 Å². The molecular weight excluding hydrogens is 346 g/mol. The van der Waals surface area contributed by atoms with Crippen molar-refractivity contribution in [3.05, 3.63) is 17.7 Å². The van der Waals surface area contributed by atoms with E-state index in [1.165, 1.54) is 12.1 Å². The fourth-order valence-corrected chi connectivity index (χ4v) is 3.05. The lowest BCUT2D eigenvalue weighted by Crippen LogP contribution is -2.32. The molecule has 0 radical (unpaired) electrons. The van der Waals surface area contributed by atoms with Gasteiger partial charge in [0.15, 0.2) is 11.5 Å².